The summed E-state index contributed by atoms with van der Waals surface area (Å²) in [6.45, 7) is 5.30. The summed E-state index contributed by atoms with van der Waals surface area (Å²) in [6, 6.07) is 12.6. The van der Waals surface area contributed by atoms with Crippen molar-refractivity contribution in [2.24, 2.45) is 0 Å². The first kappa shape index (κ1) is 21.1. The lowest BCUT2D eigenvalue weighted by molar-refractivity contribution is 0.0118. The van der Waals surface area contributed by atoms with Crippen LogP contribution in [0.15, 0.2) is 52.1 Å². The van der Waals surface area contributed by atoms with E-state index in [1.54, 1.807) is 31.4 Å². The Morgan fingerprint density at radius 1 is 1.10 bits per heavy atom. The molecule has 0 bridgehead atoms. The molecule has 2 heterocycles. The lowest BCUT2D eigenvalue weighted by Gasteiger charge is -2.35. The number of morpholine rings is 1. The van der Waals surface area contributed by atoms with Crippen LogP contribution in [-0.4, -0.2) is 54.5 Å². The fourth-order valence-corrected chi connectivity index (χ4v) is 4.02. The Labute approximate surface area is 180 Å². The zero-order chi connectivity index (χ0) is 21.8. The molecule has 1 fully saturated rings. The van der Waals surface area contributed by atoms with Gasteiger partial charge in [0.15, 0.2) is 11.5 Å². The van der Waals surface area contributed by atoms with Gasteiger partial charge in [0.25, 0.3) is 5.56 Å². The first-order valence-corrected chi connectivity index (χ1v) is 10.5. The Hall–Kier alpha value is -3.10. The molecule has 0 unspecified atom stereocenters. The number of rotatable bonds is 7. The Balaban J connectivity index is 1.77. The minimum absolute atomic E-state index is 0.201. The topological polar surface area (TPSA) is 85.8 Å². The highest BCUT2D eigenvalue weighted by atomic mass is 16.5. The Morgan fingerprint density at radius 3 is 2.61 bits per heavy atom. The molecule has 2 aromatic carbocycles. The van der Waals surface area contributed by atoms with Crippen molar-refractivity contribution < 1.29 is 14.2 Å². The molecule has 1 saturated heterocycles. The minimum atomic E-state index is -0.417. The van der Waals surface area contributed by atoms with Gasteiger partial charge in [0.1, 0.15) is 0 Å². The van der Waals surface area contributed by atoms with E-state index in [-0.39, 0.29) is 18.1 Å². The maximum Gasteiger partial charge on any atom is 0.328 e. The van der Waals surface area contributed by atoms with Crippen molar-refractivity contribution in [3.05, 3.63) is 68.9 Å². The summed E-state index contributed by atoms with van der Waals surface area (Å²) in [4.78, 5) is 31.0. The van der Waals surface area contributed by atoms with E-state index >= 15 is 0 Å². The van der Waals surface area contributed by atoms with Crippen molar-refractivity contribution in [1.82, 2.24) is 14.5 Å². The van der Waals surface area contributed by atoms with E-state index in [0.29, 0.717) is 55.3 Å². The molecule has 1 atom stereocenters. The summed E-state index contributed by atoms with van der Waals surface area (Å²) >= 11 is 0. The van der Waals surface area contributed by atoms with Crippen molar-refractivity contribution in [3.8, 4) is 11.5 Å². The molecule has 8 nitrogen and oxygen atoms in total. The quantitative estimate of drug-likeness (QED) is 0.625. The van der Waals surface area contributed by atoms with E-state index in [1.165, 1.54) is 4.57 Å². The number of aromatic nitrogens is 2. The number of nitrogens with zero attached hydrogens (tertiary/aromatic N) is 2. The number of ether oxygens (including phenoxy) is 3. The van der Waals surface area contributed by atoms with Crippen LogP contribution >= 0.6 is 0 Å². The second-order valence-electron chi connectivity index (χ2n) is 7.40. The number of hydrogen-bond acceptors (Lipinski definition) is 6. The van der Waals surface area contributed by atoms with Gasteiger partial charge < -0.3 is 19.2 Å². The highest BCUT2D eigenvalue weighted by Gasteiger charge is 2.26. The van der Waals surface area contributed by atoms with Crippen LogP contribution in [0.3, 0.4) is 0 Å². The number of hydrogen-bond donors (Lipinski definition) is 1. The molecule has 0 spiro atoms. The number of para-hydroxylation sites is 1. The van der Waals surface area contributed by atoms with Gasteiger partial charge in [-0.3, -0.25) is 14.3 Å². The van der Waals surface area contributed by atoms with E-state index in [0.717, 1.165) is 5.56 Å². The molecule has 1 aromatic heterocycles. The van der Waals surface area contributed by atoms with E-state index in [9.17, 15) is 9.59 Å². The highest BCUT2D eigenvalue weighted by Crippen LogP contribution is 2.33. The van der Waals surface area contributed by atoms with Crippen LogP contribution in [0, 0.1) is 0 Å². The van der Waals surface area contributed by atoms with Crippen molar-refractivity contribution in [1.29, 1.82) is 0 Å². The number of methoxy groups -OCH3 is 1. The van der Waals surface area contributed by atoms with Gasteiger partial charge in [-0.05, 0) is 36.8 Å². The van der Waals surface area contributed by atoms with Gasteiger partial charge in [-0.2, -0.15) is 0 Å². The summed E-state index contributed by atoms with van der Waals surface area (Å²) in [6.07, 6.45) is 0. The molecular weight excluding hydrogens is 398 g/mol. The molecule has 31 heavy (non-hydrogen) atoms. The smallest absolute Gasteiger partial charge is 0.328 e. The number of fused-ring (bicyclic) bond motifs is 1. The fourth-order valence-electron chi connectivity index (χ4n) is 4.02. The molecule has 1 aliphatic rings. The molecule has 0 aliphatic carbocycles. The molecular formula is C23H27N3O5. The monoisotopic (exact) mass is 425 g/mol. The summed E-state index contributed by atoms with van der Waals surface area (Å²) < 4.78 is 18.0. The van der Waals surface area contributed by atoms with Crippen molar-refractivity contribution in [2.75, 3.05) is 40.0 Å². The zero-order valence-electron chi connectivity index (χ0n) is 17.8. The Kier molecular flexibility index (Phi) is 6.39. The van der Waals surface area contributed by atoms with Crippen molar-refractivity contribution in [3.63, 3.8) is 0 Å². The summed E-state index contributed by atoms with van der Waals surface area (Å²) in [7, 11) is 1.60. The van der Waals surface area contributed by atoms with E-state index < -0.39 is 5.69 Å². The molecule has 0 amide bonds. The van der Waals surface area contributed by atoms with Gasteiger partial charge in [-0.1, -0.05) is 18.2 Å². The molecule has 8 heteroatoms. The van der Waals surface area contributed by atoms with Gasteiger partial charge in [0.05, 0.1) is 50.4 Å². The Bertz CT molecular complexity index is 1160. The first-order chi connectivity index (χ1) is 15.1. The van der Waals surface area contributed by atoms with Crippen molar-refractivity contribution >= 4 is 10.9 Å². The largest absolute Gasteiger partial charge is 0.493 e. The second-order valence-corrected chi connectivity index (χ2v) is 7.40. The number of nitrogens with one attached hydrogen (secondary N) is 1. The lowest BCUT2D eigenvalue weighted by atomic mass is 10.0. The average Bonchev–Trinajstić information content (AvgIpc) is 2.80. The molecule has 1 aliphatic heterocycles. The summed E-state index contributed by atoms with van der Waals surface area (Å²) in [5.74, 6) is 1.28. The first-order valence-electron chi connectivity index (χ1n) is 10.5. The number of benzene rings is 2. The molecule has 0 radical (unpaired) electrons. The third-order valence-corrected chi connectivity index (χ3v) is 5.60. The van der Waals surface area contributed by atoms with Crippen molar-refractivity contribution in [2.45, 2.75) is 19.5 Å². The maximum atomic E-state index is 13.1. The lowest BCUT2D eigenvalue weighted by Crippen LogP contribution is -2.44. The number of aromatic amines is 1. The van der Waals surface area contributed by atoms with E-state index in [2.05, 4.69) is 9.88 Å². The fraction of sp³-hybridized carbons (Fsp3) is 0.391. The van der Waals surface area contributed by atoms with Gasteiger partial charge >= 0.3 is 5.69 Å². The van der Waals surface area contributed by atoms with Gasteiger partial charge in [-0.25, -0.2) is 4.79 Å². The van der Waals surface area contributed by atoms with Crippen LogP contribution in [0.4, 0.5) is 0 Å². The van der Waals surface area contributed by atoms with Crippen LogP contribution in [0.25, 0.3) is 10.9 Å². The molecule has 164 valence electrons. The molecule has 0 saturated carbocycles. The second kappa shape index (κ2) is 9.36. The van der Waals surface area contributed by atoms with E-state index in [4.69, 9.17) is 14.2 Å². The standard InChI is InChI=1S/C23H27N3O5/c1-3-31-20-9-8-16(14-21(20)29-2)19(25-10-12-30-13-11-25)15-26-22(27)17-6-4-5-7-18(17)24-23(26)28/h4-9,14,19H,3,10-13,15H2,1-2H3,(H,24,28)/t19-/m1/s1. The molecule has 4 rings (SSSR count). The number of H-pyrrole nitrogens is 1. The minimum Gasteiger partial charge on any atom is -0.493 e. The highest BCUT2D eigenvalue weighted by molar-refractivity contribution is 5.76. The van der Waals surface area contributed by atoms with Crippen LogP contribution in [0.5, 0.6) is 11.5 Å². The molecule has 1 N–H and O–H groups in total. The predicted molar refractivity (Wildman–Crippen MR) is 118 cm³/mol. The van der Waals surface area contributed by atoms with E-state index in [1.807, 2.05) is 25.1 Å². The third-order valence-electron chi connectivity index (χ3n) is 5.60. The normalized spacial score (nSPS) is 15.7. The van der Waals surface area contributed by atoms with Gasteiger partial charge in [-0.15, -0.1) is 0 Å². The SMILES string of the molecule is CCOc1ccc([C@@H](Cn2c(=O)[nH]c3ccccc3c2=O)N2CCOCC2)cc1OC. The van der Waals surface area contributed by atoms with Gasteiger partial charge in [0, 0.05) is 13.1 Å². The van der Waals surface area contributed by atoms with Crippen LogP contribution in [0.1, 0.15) is 18.5 Å². The summed E-state index contributed by atoms with van der Waals surface area (Å²) in [5.41, 5.74) is 0.774. The van der Waals surface area contributed by atoms with Crippen LogP contribution < -0.4 is 20.7 Å². The third kappa shape index (κ3) is 4.35. The molecule has 3 aromatic rings. The predicted octanol–water partition coefficient (Wildman–Crippen LogP) is 2.17. The van der Waals surface area contributed by atoms with Crippen LogP contribution in [0.2, 0.25) is 0 Å². The zero-order valence-corrected chi connectivity index (χ0v) is 17.8. The van der Waals surface area contributed by atoms with Gasteiger partial charge in [0.2, 0.25) is 0 Å². The van der Waals surface area contributed by atoms with Crippen LogP contribution in [-0.2, 0) is 11.3 Å². The average molecular weight is 425 g/mol. The maximum absolute atomic E-state index is 13.1. The summed E-state index contributed by atoms with van der Waals surface area (Å²) in [5, 5.41) is 0.493. The Morgan fingerprint density at radius 2 is 1.87 bits per heavy atom.